The zero-order valence-corrected chi connectivity index (χ0v) is 11.5. The fourth-order valence-electron chi connectivity index (χ4n) is 1.46. The maximum atomic E-state index is 11.9. The van der Waals surface area contributed by atoms with Gasteiger partial charge < -0.3 is 5.32 Å². The van der Waals surface area contributed by atoms with Crippen LogP contribution in [0.5, 0.6) is 0 Å². The number of nitrogens with one attached hydrogen (secondary N) is 2. The van der Waals surface area contributed by atoms with E-state index in [0.29, 0.717) is 10.6 Å². The van der Waals surface area contributed by atoms with Crippen LogP contribution in [-0.2, 0) is 0 Å². The highest BCUT2D eigenvalue weighted by Gasteiger charge is 2.07. The van der Waals surface area contributed by atoms with Crippen molar-refractivity contribution in [1.29, 1.82) is 0 Å². The van der Waals surface area contributed by atoms with Crippen molar-refractivity contribution in [2.75, 3.05) is 5.32 Å². The molecule has 5 heteroatoms. The minimum Gasteiger partial charge on any atom is -0.332 e. The Kier molecular flexibility index (Phi) is 4.49. The lowest BCUT2D eigenvalue weighted by atomic mass is 10.2. The summed E-state index contributed by atoms with van der Waals surface area (Å²) in [5.74, 6) is -0.273. The van der Waals surface area contributed by atoms with E-state index in [1.807, 2.05) is 30.3 Å². The Labute approximate surface area is 121 Å². The Morgan fingerprint density at radius 1 is 1.00 bits per heavy atom. The number of halogens is 1. The topological polar surface area (TPSA) is 41.1 Å². The molecule has 96 valence electrons. The molecule has 0 spiro atoms. The molecule has 2 aromatic rings. The lowest BCUT2D eigenvalue weighted by molar-refractivity contribution is 0.0978. The van der Waals surface area contributed by atoms with E-state index in [1.54, 1.807) is 24.3 Å². The van der Waals surface area contributed by atoms with Crippen molar-refractivity contribution >= 4 is 40.5 Å². The molecule has 0 atom stereocenters. The highest BCUT2D eigenvalue weighted by atomic mass is 35.5. The van der Waals surface area contributed by atoms with Crippen LogP contribution in [0.25, 0.3) is 0 Å². The maximum absolute atomic E-state index is 11.9. The van der Waals surface area contributed by atoms with E-state index in [4.69, 9.17) is 23.8 Å². The van der Waals surface area contributed by atoms with Gasteiger partial charge in [0, 0.05) is 16.3 Å². The highest BCUT2D eigenvalue weighted by Crippen LogP contribution is 2.09. The largest absolute Gasteiger partial charge is 0.332 e. The Bertz CT molecular complexity index is 584. The summed E-state index contributed by atoms with van der Waals surface area (Å²) >= 11 is 10.8. The van der Waals surface area contributed by atoms with E-state index in [-0.39, 0.29) is 11.0 Å². The van der Waals surface area contributed by atoms with E-state index in [2.05, 4.69) is 10.6 Å². The Morgan fingerprint density at radius 2 is 1.63 bits per heavy atom. The molecule has 0 radical (unpaired) electrons. The number of amides is 1. The molecular weight excluding hydrogens is 280 g/mol. The van der Waals surface area contributed by atoms with Crippen molar-refractivity contribution in [3.63, 3.8) is 0 Å². The summed E-state index contributed by atoms with van der Waals surface area (Å²) in [6, 6.07) is 16.0. The van der Waals surface area contributed by atoms with Crippen LogP contribution in [0.4, 0.5) is 5.69 Å². The van der Waals surface area contributed by atoms with Crippen LogP contribution in [0.2, 0.25) is 5.02 Å². The van der Waals surface area contributed by atoms with Crippen LogP contribution >= 0.6 is 23.8 Å². The second kappa shape index (κ2) is 6.31. The first-order valence-corrected chi connectivity index (χ1v) is 6.37. The molecule has 0 unspecified atom stereocenters. The van der Waals surface area contributed by atoms with Crippen LogP contribution in [0.1, 0.15) is 10.4 Å². The molecule has 19 heavy (non-hydrogen) atoms. The fraction of sp³-hybridized carbons (Fsp3) is 0. The zero-order chi connectivity index (χ0) is 13.7. The SMILES string of the molecule is O=C(NC(=S)Nc1ccccc1)c1ccc(Cl)cc1. The summed E-state index contributed by atoms with van der Waals surface area (Å²) in [5.41, 5.74) is 1.32. The molecule has 2 aromatic carbocycles. The third-order valence-electron chi connectivity index (χ3n) is 2.37. The van der Waals surface area contributed by atoms with Crippen LogP contribution in [0, 0.1) is 0 Å². The predicted octanol–water partition coefficient (Wildman–Crippen LogP) is 3.47. The lowest BCUT2D eigenvalue weighted by Crippen LogP contribution is -2.34. The molecular formula is C14H11ClN2OS. The molecule has 0 saturated carbocycles. The smallest absolute Gasteiger partial charge is 0.257 e. The van der Waals surface area contributed by atoms with Crippen molar-refractivity contribution in [2.24, 2.45) is 0 Å². The van der Waals surface area contributed by atoms with Gasteiger partial charge in [0.15, 0.2) is 5.11 Å². The van der Waals surface area contributed by atoms with Gasteiger partial charge in [-0.2, -0.15) is 0 Å². The van der Waals surface area contributed by atoms with Gasteiger partial charge >= 0.3 is 0 Å². The number of para-hydroxylation sites is 1. The number of anilines is 1. The number of hydrogen-bond donors (Lipinski definition) is 2. The highest BCUT2D eigenvalue weighted by molar-refractivity contribution is 7.80. The minimum absolute atomic E-state index is 0.256. The predicted molar refractivity (Wildman–Crippen MR) is 81.6 cm³/mol. The third kappa shape index (κ3) is 4.05. The van der Waals surface area contributed by atoms with Gasteiger partial charge in [-0.3, -0.25) is 10.1 Å². The maximum Gasteiger partial charge on any atom is 0.257 e. The van der Waals surface area contributed by atoms with Gasteiger partial charge in [-0.1, -0.05) is 29.8 Å². The summed E-state index contributed by atoms with van der Waals surface area (Å²) in [4.78, 5) is 11.9. The summed E-state index contributed by atoms with van der Waals surface area (Å²) in [5, 5.41) is 6.37. The van der Waals surface area contributed by atoms with Crippen molar-refractivity contribution in [3.05, 3.63) is 65.2 Å². The molecule has 2 rings (SSSR count). The van der Waals surface area contributed by atoms with Gasteiger partial charge in [-0.15, -0.1) is 0 Å². The van der Waals surface area contributed by atoms with Crippen molar-refractivity contribution < 1.29 is 4.79 Å². The van der Waals surface area contributed by atoms with Crippen LogP contribution in [-0.4, -0.2) is 11.0 Å². The number of benzene rings is 2. The van der Waals surface area contributed by atoms with Gasteiger partial charge in [-0.05, 0) is 48.6 Å². The summed E-state index contributed by atoms with van der Waals surface area (Å²) in [7, 11) is 0. The van der Waals surface area contributed by atoms with Gasteiger partial charge in [0.05, 0.1) is 0 Å². The van der Waals surface area contributed by atoms with E-state index in [9.17, 15) is 4.79 Å². The molecule has 0 aliphatic heterocycles. The summed E-state index contributed by atoms with van der Waals surface area (Å²) in [6.45, 7) is 0. The average molecular weight is 291 g/mol. The molecule has 3 nitrogen and oxygen atoms in total. The molecule has 0 bridgehead atoms. The third-order valence-corrected chi connectivity index (χ3v) is 2.82. The van der Waals surface area contributed by atoms with Crippen LogP contribution < -0.4 is 10.6 Å². The molecule has 0 aromatic heterocycles. The molecule has 2 N–H and O–H groups in total. The average Bonchev–Trinajstić information content (AvgIpc) is 2.40. The molecule has 0 saturated heterocycles. The van der Waals surface area contributed by atoms with Gasteiger partial charge in [0.2, 0.25) is 0 Å². The fourth-order valence-corrected chi connectivity index (χ4v) is 1.80. The van der Waals surface area contributed by atoms with E-state index < -0.39 is 0 Å². The second-order valence-electron chi connectivity index (χ2n) is 3.78. The second-order valence-corrected chi connectivity index (χ2v) is 4.63. The van der Waals surface area contributed by atoms with Crippen molar-refractivity contribution in [2.45, 2.75) is 0 Å². The number of carbonyl (C=O) groups excluding carboxylic acids is 1. The number of rotatable bonds is 2. The molecule has 0 heterocycles. The van der Waals surface area contributed by atoms with Crippen molar-refractivity contribution in [3.8, 4) is 0 Å². The monoisotopic (exact) mass is 290 g/mol. The molecule has 0 aliphatic rings. The van der Waals surface area contributed by atoms with E-state index in [0.717, 1.165) is 5.69 Å². The summed E-state index contributed by atoms with van der Waals surface area (Å²) < 4.78 is 0. The van der Waals surface area contributed by atoms with Gasteiger partial charge in [0.25, 0.3) is 5.91 Å². The quantitative estimate of drug-likeness (QED) is 0.832. The zero-order valence-electron chi connectivity index (χ0n) is 9.89. The lowest BCUT2D eigenvalue weighted by Gasteiger charge is -2.09. The van der Waals surface area contributed by atoms with Crippen LogP contribution in [0.3, 0.4) is 0 Å². The van der Waals surface area contributed by atoms with E-state index in [1.165, 1.54) is 0 Å². The number of thiocarbonyl (C=S) groups is 1. The van der Waals surface area contributed by atoms with E-state index >= 15 is 0 Å². The number of carbonyl (C=O) groups is 1. The van der Waals surface area contributed by atoms with Crippen LogP contribution in [0.15, 0.2) is 54.6 Å². The van der Waals surface area contributed by atoms with Gasteiger partial charge in [-0.25, -0.2) is 0 Å². The Balaban J connectivity index is 1.95. The first-order chi connectivity index (χ1) is 9.15. The van der Waals surface area contributed by atoms with Gasteiger partial charge in [0.1, 0.15) is 0 Å². The standard InChI is InChI=1S/C14H11ClN2OS/c15-11-8-6-10(7-9-11)13(18)17-14(19)16-12-4-2-1-3-5-12/h1-9H,(H2,16,17,18,19). The Morgan fingerprint density at radius 3 is 2.26 bits per heavy atom. The first kappa shape index (κ1) is 13.5. The molecule has 1 amide bonds. The molecule has 0 aliphatic carbocycles. The number of hydrogen-bond acceptors (Lipinski definition) is 2. The minimum atomic E-state index is -0.273. The first-order valence-electron chi connectivity index (χ1n) is 5.58. The normalized spacial score (nSPS) is 9.74. The Hall–Kier alpha value is -1.91. The van der Waals surface area contributed by atoms with Crippen molar-refractivity contribution in [1.82, 2.24) is 5.32 Å². The summed E-state index contributed by atoms with van der Waals surface area (Å²) in [6.07, 6.45) is 0. The molecule has 0 fully saturated rings.